The van der Waals surface area contributed by atoms with E-state index in [0.29, 0.717) is 5.76 Å². The van der Waals surface area contributed by atoms with Crippen molar-refractivity contribution in [2.45, 2.75) is 0 Å². The minimum atomic E-state index is -0.490. The molecular weight excluding hydrogens is 184 g/mol. The van der Waals surface area contributed by atoms with Crippen LogP contribution in [0.3, 0.4) is 0 Å². The van der Waals surface area contributed by atoms with Crippen molar-refractivity contribution in [2.75, 3.05) is 7.11 Å². The van der Waals surface area contributed by atoms with Crippen LogP contribution in [0.25, 0.3) is 11.5 Å². The number of esters is 1. The SMILES string of the molecule is COC(=O)c1ccc(-c2ccn[nH]2)o1. The minimum Gasteiger partial charge on any atom is -0.463 e. The van der Waals surface area contributed by atoms with Gasteiger partial charge in [0.1, 0.15) is 5.69 Å². The molecule has 2 rings (SSSR count). The van der Waals surface area contributed by atoms with Gasteiger partial charge in [-0.25, -0.2) is 4.79 Å². The fraction of sp³-hybridized carbons (Fsp3) is 0.111. The molecule has 5 nitrogen and oxygen atoms in total. The van der Waals surface area contributed by atoms with Gasteiger partial charge in [-0.1, -0.05) is 0 Å². The summed E-state index contributed by atoms with van der Waals surface area (Å²) in [5.41, 5.74) is 0.722. The number of H-pyrrole nitrogens is 1. The maximum absolute atomic E-state index is 11.1. The van der Waals surface area contributed by atoms with Gasteiger partial charge < -0.3 is 9.15 Å². The van der Waals surface area contributed by atoms with Crippen molar-refractivity contribution in [2.24, 2.45) is 0 Å². The first-order valence-corrected chi connectivity index (χ1v) is 3.99. The number of methoxy groups -OCH3 is 1. The molecule has 0 unspecified atom stereocenters. The maximum atomic E-state index is 11.1. The van der Waals surface area contributed by atoms with Gasteiger partial charge in [-0.3, -0.25) is 5.10 Å². The number of hydrogen-bond acceptors (Lipinski definition) is 4. The molecular formula is C9H8N2O3. The van der Waals surface area contributed by atoms with Crippen molar-refractivity contribution in [3.8, 4) is 11.5 Å². The molecule has 2 heterocycles. The number of carbonyl (C=O) groups excluding carboxylic acids is 1. The van der Waals surface area contributed by atoms with Gasteiger partial charge in [0.15, 0.2) is 5.76 Å². The molecule has 2 aromatic rings. The predicted octanol–water partition coefficient (Wildman–Crippen LogP) is 1.46. The van der Waals surface area contributed by atoms with Crippen molar-refractivity contribution in [1.29, 1.82) is 0 Å². The van der Waals surface area contributed by atoms with Crippen LogP contribution in [0, 0.1) is 0 Å². The number of nitrogens with one attached hydrogen (secondary N) is 1. The highest BCUT2D eigenvalue weighted by atomic mass is 16.5. The van der Waals surface area contributed by atoms with Crippen molar-refractivity contribution >= 4 is 5.97 Å². The van der Waals surface area contributed by atoms with Gasteiger partial charge in [-0.05, 0) is 18.2 Å². The summed E-state index contributed by atoms with van der Waals surface area (Å²) in [7, 11) is 1.31. The lowest BCUT2D eigenvalue weighted by Crippen LogP contribution is -1.98. The molecule has 0 saturated heterocycles. The molecule has 0 aliphatic rings. The summed E-state index contributed by atoms with van der Waals surface area (Å²) in [4.78, 5) is 11.1. The van der Waals surface area contributed by atoms with Gasteiger partial charge in [0.25, 0.3) is 0 Å². The molecule has 0 amide bonds. The van der Waals surface area contributed by atoms with Crippen molar-refractivity contribution in [3.63, 3.8) is 0 Å². The summed E-state index contributed by atoms with van der Waals surface area (Å²) < 4.78 is 9.74. The molecule has 0 atom stereocenters. The summed E-state index contributed by atoms with van der Waals surface area (Å²) in [6.07, 6.45) is 1.61. The highest BCUT2D eigenvalue weighted by molar-refractivity contribution is 5.86. The quantitative estimate of drug-likeness (QED) is 0.731. The van der Waals surface area contributed by atoms with Crippen LogP contribution in [0.15, 0.2) is 28.8 Å². The topological polar surface area (TPSA) is 68.1 Å². The lowest BCUT2D eigenvalue weighted by molar-refractivity contribution is 0.0566. The normalized spacial score (nSPS) is 10.1. The van der Waals surface area contributed by atoms with Gasteiger partial charge in [0, 0.05) is 6.20 Å². The van der Waals surface area contributed by atoms with Crippen LogP contribution in [0.5, 0.6) is 0 Å². The zero-order valence-electron chi connectivity index (χ0n) is 7.48. The molecule has 0 aliphatic heterocycles. The monoisotopic (exact) mass is 192 g/mol. The predicted molar refractivity (Wildman–Crippen MR) is 47.6 cm³/mol. The zero-order chi connectivity index (χ0) is 9.97. The largest absolute Gasteiger partial charge is 0.463 e. The Bertz CT molecular complexity index is 431. The van der Waals surface area contributed by atoms with Gasteiger partial charge in [0.2, 0.25) is 5.76 Å². The van der Waals surface area contributed by atoms with Gasteiger partial charge in [0.05, 0.1) is 7.11 Å². The Morgan fingerprint density at radius 1 is 1.50 bits per heavy atom. The van der Waals surface area contributed by atoms with E-state index in [0.717, 1.165) is 5.69 Å². The van der Waals surface area contributed by atoms with Crippen LogP contribution in [0.4, 0.5) is 0 Å². The standard InChI is InChI=1S/C9H8N2O3/c1-13-9(12)8-3-2-7(14-8)6-4-5-10-11-6/h2-5H,1H3,(H,10,11). The zero-order valence-corrected chi connectivity index (χ0v) is 7.48. The second-order valence-corrected chi connectivity index (χ2v) is 2.63. The van der Waals surface area contributed by atoms with E-state index in [4.69, 9.17) is 4.42 Å². The van der Waals surface area contributed by atoms with E-state index < -0.39 is 5.97 Å². The first-order chi connectivity index (χ1) is 6.81. The molecule has 0 fully saturated rings. The van der Waals surface area contributed by atoms with E-state index in [1.54, 1.807) is 24.4 Å². The van der Waals surface area contributed by atoms with E-state index in [1.165, 1.54) is 7.11 Å². The van der Waals surface area contributed by atoms with Crippen LogP contribution in [-0.2, 0) is 4.74 Å². The Labute approximate surface area is 79.7 Å². The number of furan rings is 1. The summed E-state index contributed by atoms with van der Waals surface area (Å²) in [5.74, 6) is 0.246. The Morgan fingerprint density at radius 3 is 3.00 bits per heavy atom. The van der Waals surface area contributed by atoms with Crippen molar-refractivity contribution in [1.82, 2.24) is 10.2 Å². The third-order valence-electron chi connectivity index (χ3n) is 1.76. The lowest BCUT2D eigenvalue weighted by atomic mass is 10.3. The Balaban J connectivity index is 2.31. The van der Waals surface area contributed by atoms with Gasteiger partial charge in [-0.15, -0.1) is 0 Å². The van der Waals surface area contributed by atoms with Crippen molar-refractivity contribution < 1.29 is 13.9 Å². The molecule has 0 bridgehead atoms. The molecule has 2 aromatic heterocycles. The number of ether oxygens (including phenoxy) is 1. The average Bonchev–Trinajstić information content (AvgIpc) is 2.86. The van der Waals surface area contributed by atoms with Crippen molar-refractivity contribution in [3.05, 3.63) is 30.2 Å². The average molecular weight is 192 g/mol. The number of aromatic nitrogens is 2. The highest BCUT2D eigenvalue weighted by Gasteiger charge is 2.12. The van der Waals surface area contributed by atoms with Gasteiger partial charge in [-0.2, -0.15) is 5.10 Å². The van der Waals surface area contributed by atoms with Crippen LogP contribution < -0.4 is 0 Å². The van der Waals surface area contributed by atoms with E-state index in [9.17, 15) is 4.79 Å². The Hall–Kier alpha value is -2.04. The Morgan fingerprint density at radius 2 is 2.36 bits per heavy atom. The molecule has 14 heavy (non-hydrogen) atoms. The summed E-state index contributed by atoms with van der Waals surface area (Å²) in [6, 6.07) is 4.99. The van der Waals surface area contributed by atoms with E-state index >= 15 is 0 Å². The fourth-order valence-electron chi connectivity index (χ4n) is 1.09. The van der Waals surface area contributed by atoms with Crippen LogP contribution in [0.1, 0.15) is 10.6 Å². The first kappa shape index (κ1) is 8.55. The van der Waals surface area contributed by atoms with E-state index in [1.807, 2.05) is 0 Å². The molecule has 0 aromatic carbocycles. The molecule has 0 radical (unpaired) electrons. The minimum absolute atomic E-state index is 0.178. The van der Waals surface area contributed by atoms with Crippen LogP contribution in [0.2, 0.25) is 0 Å². The second-order valence-electron chi connectivity index (χ2n) is 2.63. The molecule has 72 valence electrons. The Kier molecular flexibility index (Phi) is 2.06. The third kappa shape index (κ3) is 1.39. The highest BCUT2D eigenvalue weighted by Crippen LogP contribution is 2.19. The van der Waals surface area contributed by atoms with E-state index in [2.05, 4.69) is 14.9 Å². The number of hydrogen-bond donors (Lipinski definition) is 1. The molecule has 0 saturated carbocycles. The fourth-order valence-corrected chi connectivity index (χ4v) is 1.09. The summed E-state index contributed by atoms with van der Waals surface area (Å²) in [6.45, 7) is 0. The second kappa shape index (κ2) is 3.37. The number of rotatable bonds is 2. The number of aromatic amines is 1. The molecule has 0 spiro atoms. The number of nitrogens with zero attached hydrogens (tertiary/aromatic N) is 1. The molecule has 5 heteroatoms. The summed E-state index contributed by atoms with van der Waals surface area (Å²) >= 11 is 0. The van der Waals surface area contributed by atoms with E-state index in [-0.39, 0.29) is 5.76 Å². The summed E-state index contributed by atoms with van der Waals surface area (Å²) in [5, 5.41) is 6.50. The maximum Gasteiger partial charge on any atom is 0.373 e. The lowest BCUT2D eigenvalue weighted by Gasteiger charge is -1.92. The number of carbonyl (C=O) groups is 1. The first-order valence-electron chi connectivity index (χ1n) is 3.99. The third-order valence-corrected chi connectivity index (χ3v) is 1.76. The van der Waals surface area contributed by atoms with Gasteiger partial charge >= 0.3 is 5.97 Å². The molecule has 0 aliphatic carbocycles. The van der Waals surface area contributed by atoms with Crippen LogP contribution in [-0.4, -0.2) is 23.3 Å². The van der Waals surface area contributed by atoms with Crippen LogP contribution >= 0.6 is 0 Å². The molecule has 1 N–H and O–H groups in total. The smallest absolute Gasteiger partial charge is 0.373 e.